The van der Waals surface area contributed by atoms with Crippen molar-refractivity contribution in [3.05, 3.63) is 23.8 Å². The summed E-state index contributed by atoms with van der Waals surface area (Å²) in [5.74, 6) is 0.719. The van der Waals surface area contributed by atoms with Crippen LogP contribution in [0.3, 0.4) is 0 Å². The van der Waals surface area contributed by atoms with Crippen LogP contribution < -0.4 is 10.6 Å². The van der Waals surface area contributed by atoms with Crippen molar-refractivity contribution in [3.8, 4) is 0 Å². The van der Waals surface area contributed by atoms with Gasteiger partial charge in [0.15, 0.2) is 0 Å². The van der Waals surface area contributed by atoms with Gasteiger partial charge in [0.1, 0.15) is 0 Å². The Hall–Kier alpha value is -1.53. The maximum Gasteiger partial charge on any atom is 0.251 e. The molecular formula is C17H23N3O2S. The number of fused-ring (bicyclic) bond motifs is 1. The molecule has 0 aliphatic carbocycles. The molecule has 0 bridgehead atoms. The second kappa shape index (κ2) is 7.36. The Bertz CT molecular complexity index is 606. The molecule has 0 radical (unpaired) electrons. The van der Waals surface area contributed by atoms with E-state index in [0.29, 0.717) is 24.6 Å². The molecule has 1 aromatic rings. The lowest BCUT2D eigenvalue weighted by atomic mass is 10.1. The third-order valence-electron chi connectivity index (χ3n) is 4.51. The van der Waals surface area contributed by atoms with Crippen LogP contribution in [0.2, 0.25) is 0 Å². The molecule has 3 rings (SSSR count). The number of hydrogen-bond acceptors (Lipinski definition) is 4. The third-order valence-corrected chi connectivity index (χ3v) is 5.58. The maximum absolute atomic E-state index is 12.4. The minimum Gasteiger partial charge on any atom is -0.350 e. The lowest BCUT2D eigenvalue weighted by Gasteiger charge is -2.23. The van der Waals surface area contributed by atoms with Crippen LogP contribution in [0.15, 0.2) is 23.1 Å². The van der Waals surface area contributed by atoms with Crippen LogP contribution >= 0.6 is 11.8 Å². The highest BCUT2D eigenvalue weighted by atomic mass is 32.2. The molecule has 0 aromatic heterocycles. The van der Waals surface area contributed by atoms with Crippen LogP contribution in [0.1, 0.15) is 36.5 Å². The van der Waals surface area contributed by atoms with Crippen LogP contribution in [0, 0.1) is 0 Å². The number of rotatable bonds is 4. The number of anilines is 1. The van der Waals surface area contributed by atoms with Crippen molar-refractivity contribution in [1.29, 1.82) is 0 Å². The minimum absolute atomic E-state index is 0.0124. The molecule has 2 N–H and O–H groups in total. The molecule has 1 fully saturated rings. The van der Waals surface area contributed by atoms with Gasteiger partial charge in [0.2, 0.25) is 5.91 Å². The summed E-state index contributed by atoms with van der Waals surface area (Å²) in [5.41, 5.74) is 1.36. The van der Waals surface area contributed by atoms with Crippen molar-refractivity contribution in [2.45, 2.75) is 37.1 Å². The number of benzene rings is 1. The Kier molecular flexibility index (Phi) is 5.23. The maximum atomic E-state index is 12.4. The average Bonchev–Trinajstić information content (AvgIpc) is 2.92. The fraction of sp³-hybridized carbons (Fsp3) is 0.529. The summed E-state index contributed by atoms with van der Waals surface area (Å²) in [6, 6.07) is 5.99. The van der Waals surface area contributed by atoms with Gasteiger partial charge in [-0.2, -0.15) is 0 Å². The van der Waals surface area contributed by atoms with E-state index in [-0.39, 0.29) is 11.8 Å². The van der Waals surface area contributed by atoms with Gasteiger partial charge < -0.3 is 10.6 Å². The van der Waals surface area contributed by atoms with Crippen LogP contribution in [0.4, 0.5) is 5.69 Å². The van der Waals surface area contributed by atoms with Crippen molar-refractivity contribution >= 4 is 29.3 Å². The summed E-state index contributed by atoms with van der Waals surface area (Å²) in [5, 5.41) is 5.92. The van der Waals surface area contributed by atoms with Gasteiger partial charge in [0.25, 0.3) is 5.91 Å². The van der Waals surface area contributed by atoms with E-state index in [4.69, 9.17) is 0 Å². The molecule has 1 saturated heterocycles. The number of likely N-dealkylation sites (tertiary alicyclic amines) is 1. The zero-order chi connectivity index (χ0) is 16.2. The number of nitrogens with zero attached hydrogens (tertiary/aromatic N) is 1. The molecule has 6 heteroatoms. The van der Waals surface area contributed by atoms with Gasteiger partial charge in [0, 0.05) is 35.2 Å². The Morgan fingerprint density at radius 3 is 3.17 bits per heavy atom. The number of likely N-dealkylation sites (N-methyl/N-ethyl adjacent to an activating group) is 1. The first-order valence-corrected chi connectivity index (χ1v) is 9.25. The highest BCUT2D eigenvalue weighted by molar-refractivity contribution is 7.99. The van der Waals surface area contributed by atoms with Gasteiger partial charge in [-0.05, 0) is 44.1 Å². The number of thioether (sulfide) groups is 1. The quantitative estimate of drug-likeness (QED) is 0.888. The SMILES string of the molecule is CCN1CCCC1CNC(=O)c1ccc2c(c1)NC(=O)CCS2. The smallest absolute Gasteiger partial charge is 0.251 e. The van der Waals surface area contributed by atoms with Crippen LogP contribution in [-0.4, -0.2) is 48.1 Å². The molecule has 0 spiro atoms. The van der Waals surface area contributed by atoms with Crippen molar-refractivity contribution in [3.63, 3.8) is 0 Å². The van der Waals surface area contributed by atoms with Crippen molar-refractivity contribution in [1.82, 2.24) is 10.2 Å². The zero-order valence-electron chi connectivity index (χ0n) is 13.4. The molecule has 1 aromatic carbocycles. The molecule has 2 amide bonds. The number of carbonyl (C=O) groups excluding carboxylic acids is 2. The molecule has 23 heavy (non-hydrogen) atoms. The van der Waals surface area contributed by atoms with Crippen LogP contribution in [0.5, 0.6) is 0 Å². The zero-order valence-corrected chi connectivity index (χ0v) is 14.2. The third kappa shape index (κ3) is 3.87. The van der Waals surface area contributed by atoms with E-state index in [0.717, 1.165) is 35.8 Å². The first kappa shape index (κ1) is 16.3. The fourth-order valence-electron chi connectivity index (χ4n) is 3.22. The van der Waals surface area contributed by atoms with Gasteiger partial charge in [-0.1, -0.05) is 6.92 Å². The molecular weight excluding hydrogens is 310 g/mol. The van der Waals surface area contributed by atoms with E-state index in [1.165, 1.54) is 6.42 Å². The molecule has 2 heterocycles. The van der Waals surface area contributed by atoms with E-state index in [1.54, 1.807) is 17.8 Å². The Morgan fingerprint density at radius 1 is 1.48 bits per heavy atom. The van der Waals surface area contributed by atoms with Gasteiger partial charge in [-0.3, -0.25) is 14.5 Å². The second-order valence-electron chi connectivity index (χ2n) is 5.99. The molecule has 5 nitrogen and oxygen atoms in total. The minimum atomic E-state index is -0.0701. The Labute approximate surface area is 141 Å². The standard InChI is InChI=1S/C17H23N3O2S/c1-2-20-8-3-4-13(20)11-18-17(22)12-5-6-15-14(10-12)19-16(21)7-9-23-15/h5-6,10,13H,2-4,7-9,11H2,1H3,(H,18,22)(H,19,21). The summed E-state index contributed by atoms with van der Waals surface area (Å²) < 4.78 is 0. The molecule has 2 aliphatic rings. The van der Waals surface area contributed by atoms with Crippen molar-refractivity contribution in [2.75, 3.05) is 30.7 Å². The predicted octanol–water partition coefficient (Wildman–Crippen LogP) is 2.33. The fourth-order valence-corrected chi connectivity index (χ4v) is 4.15. The first-order valence-electron chi connectivity index (χ1n) is 8.26. The highest BCUT2D eigenvalue weighted by Gasteiger charge is 2.23. The van der Waals surface area contributed by atoms with E-state index in [2.05, 4.69) is 22.5 Å². The van der Waals surface area contributed by atoms with Gasteiger partial charge >= 0.3 is 0 Å². The Morgan fingerprint density at radius 2 is 2.35 bits per heavy atom. The first-order chi connectivity index (χ1) is 11.2. The van der Waals surface area contributed by atoms with Crippen molar-refractivity contribution in [2.24, 2.45) is 0 Å². The summed E-state index contributed by atoms with van der Waals surface area (Å²) in [6.07, 6.45) is 2.86. The van der Waals surface area contributed by atoms with Crippen molar-refractivity contribution < 1.29 is 9.59 Å². The second-order valence-corrected chi connectivity index (χ2v) is 7.13. The number of nitrogens with one attached hydrogen (secondary N) is 2. The molecule has 0 saturated carbocycles. The number of carbonyl (C=O) groups is 2. The lowest BCUT2D eigenvalue weighted by molar-refractivity contribution is -0.115. The largest absolute Gasteiger partial charge is 0.350 e. The number of amides is 2. The van der Waals surface area contributed by atoms with E-state index < -0.39 is 0 Å². The average molecular weight is 333 g/mol. The number of hydrogen-bond donors (Lipinski definition) is 2. The summed E-state index contributed by atoms with van der Waals surface area (Å²) in [7, 11) is 0. The van der Waals surface area contributed by atoms with Gasteiger partial charge in [-0.25, -0.2) is 0 Å². The molecule has 2 aliphatic heterocycles. The predicted molar refractivity (Wildman–Crippen MR) is 93.0 cm³/mol. The normalized spacial score (nSPS) is 21.4. The summed E-state index contributed by atoms with van der Waals surface area (Å²) in [6.45, 7) is 5.00. The van der Waals surface area contributed by atoms with Gasteiger partial charge in [-0.15, -0.1) is 11.8 Å². The van der Waals surface area contributed by atoms with Crippen LogP contribution in [-0.2, 0) is 4.79 Å². The van der Waals surface area contributed by atoms with E-state index >= 15 is 0 Å². The topological polar surface area (TPSA) is 61.4 Å². The monoisotopic (exact) mass is 333 g/mol. The summed E-state index contributed by atoms with van der Waals surface area (Å²) >= 11 is 1.65. The summed E-state index contributed by atoms with van der Waals surface area (Å²) in [4.78, 5) is 27.5. The lowest BCUT2D eigenvalue weighted by Crippen LogP contribution is -2.40. The van der Waals surface area contributed by atoms with Crippen LogP contribution in [0.25, 0.3) is 0 Å². The van der Waals surface area contributed by atoms with E-state index in [1.807, 2.05) is 12.1 Å². The Balaban J connectivity index is 1.64. The molecule has 124 valence electrons. The molecule has 1 atom stereocenters. The van der Waals surface area contributed by atoms with Gasteiger partial charge in [0.05, 0.1) is 5.69 Å². The molecule has 1 unspecified atom stereocenters. The highest BCUT2D eigenvalue weighted by Crippen LogP contribution is 2.31. The van der Waals surface area contributed by atoms with E-state index in [9.17, 15) is 9.59 Å².